The zero-order valence-electron chi connectivity index (χ0n) is 12.2. The molecule has 1 fully saturated rings. The third-order valence-corrected chi connectivity index (χ3v) is 8.17. The standard InChI is InChI=1S/C14H20FN3O2S/c1-12(7-9(16)3-4-10(12)15)13(2)8-21(19,20)14(5-6-14)11(17)18-13/h4,16H,3,5-8H2,1-2H3,(H2,17,18). The number of nitrogens with one attached hydrogen (secondary N) is 1. The van der Waals surface area contributed by atoms with Gasteiger partial charge < -0.3 is 11.1 Å². The van der Waals surface area contributed by atoms with E-state index in [1.54, 1.807) is 13.8 Å². The van der Waals surface area contributed by atoms with E-state index in [0.717, 1.165) is 0 Å². The van der Waals surface area contributed by atoms with Gasteiger partial charge in [0, 0.05) is 12.1 Å². The van der Waals surface area contributed by atoms with Crippen LogP contribution in [0.2, 0.25) is 0 Å². The summed E-state index contributed by atoms with van der Waals surface area (Å²) in [5.74, 6) is -0.493. The lowest BCUT2D eigenvalue weighted by molar-refractivity contribution is 0.190. The summed E-state index contributed by atoms with van der Waals surface area (Å²) >= 11 is 0. The van der Waals surface area contributed by atoms with Gasteiger partial charge in [0.1, 0.15) is 16.4 Å². The summed E-state index contributed by atoms with van der Waals surface area (Å²) in [6.45, 7) is 3.28. The molecule has 0 aromatic carbocycles. The molecule has 1 spiro atoms. The van der Waals surface area contributed by atoms with Gasteiger partial charge in [-0.3, -0.25) is 4.99 Å². The van der Waals surface area contributed by atoms with Crippen molar-refractivity contribution in [2.24, 2.45) is 16.1 Å². The second-order valence-corrected chi connectivity index (χ2v) is 9.19. The van der Waals surface area contributed by atoms with Gasteiger partial charge in [-0.25, -0.2) is 12.8 Å². The van der Waals surface area contributed by atoms with Crippen LogP contribution in [0.4, 0.5) is 4.39 Å². The maximum Gasteiger partial charge on any atom is 0.165 e. The Morgan fingerprint density at radius 1 is 1.38 bits per heavy atom. The normalized spacial score (nSPS) is 40.6. The molecule has 0 amide bonds. The molecule has 0 aromatic heterocycles. The Labute approximate surface area is 123 Å². The Hall–Kier alpha value is -1.24. The van der Waals surface area contributed by atoms with Crippen molar-refractivity contribution in [2.45, 2.75) is 49.8 Å². The van der Waals surface area contributed by atoms with E-state index < -0.39 is 25.5 Å². The molecule has 3 rings (SSSR count). The molecular weight excluding hydrogens is 293 g/mol. The Morgan fingerprint density at radius 3 is 2.52 bits per heavy atom. The van der Waals surface area contributed by atoms with E-state index >= 15 is 0 Å². The zero-order valence-corrected chi connectivity index (χ0v) is 13.1. The molecule has 5 nitrogen and oxygen atoms in total. The predicted molar refractivity (Wildman–Crippen MR) is 80.0 cm³/mol. The van der Waals surface area contributed by atoms with Crippen LogP contribution in [-0.2, 0) is 9.84 Å². The Morgan fingerprint density at radius 2 is 2.00 bits per heavy atom. The molecule has 21 heavy (non-hydrogen) atoms. The highest BCUT2D eigenvalue weighted by Gasteiger charge is 2.65. The maximum absolute atomic E-state index is 14.5. The van der Waals surface area contributed by atoms with Crippen molar-refractivity contribution in [3.05, 3.63) is 11.9 Å². The van der Waals surface area contributed by atoms with Gasteiger partial charge in [-0.05, 0) is 32.3 Å². The fourth-order valence-corrected chi connectivity index (χ4v) is 5.99. The molecule has 2 unspecified atom stereocenters. The van der Waals surface area contributed by atoms with Crippen LogP contribution in [-0.4, -0.2) is 36.0 Å². The first-order valence-corrected chi connectivity index (χ1v) is 8.72. The lowest BCUT2D eigenvalue weighted by Gasteiger charge is -2.47. The van der Waals surface area contributed by atoms with Crippen LogP contribution >= 0.6 is 0 Å². The average molecular weight is 313 g/mol. The van der Waals surface area contributed by atoms with Crippen LogP contribution in [0.1, 0.15) is 39.5 Å². The molecule has 3 N–H and O–H groups in total. The summed E-state index contributed by atoms with van der Waals surface area (Å²) in [6.07, 6.45) is 2.81. The molecule has 1 saturated carbocycles. The largest absolute Gasteiger partial charge is 0.386 e. The van der Waals surface area contributed by atoms with Gasteiger partial charge in [0.2, 0.25) is 0 Å². The number of sulfone groups is 1. The molecule has 3 aliphatic rings. The smallest absolute Gasteiger partial charge is 0.165 e. The lowest BCUT2D eigenvalue weighted by Crippen LogP contribution is -2.58. The average Bonchev–Trinajstić information content (AvgIpc) is 3.13. The van der Waals surface area contributed by atoms with Gasteiger partial charge in [0.15, 0.2) is 9.84 Å². The predicted octanol–water partition coefficient (Wildman–Crippen LogP) is 1.74. The third-order valence-electron chi connectivity index (χ3n) is 5.41. The first-order valence-electron chi connectivity index (χ1n) is 7.07. The van der Waals surface area contributed by atoms with Gasteiger partial charge in [0.05, 0.1) is 16.7 Å². The van der Waals surface area contributed by atoms with E-state index in [2.05, 4.69) is 4.99 Å². The molecule has 0 aromatic rings. The number of rotatable bonds is 1. The van der Waals surface area contributed by atoms with Crippen molar-refractivity contribution in [3.63, 3.8) is 0 Å². The van der Waals surface area contributed by atoms with Crippen molar-refractivity contribution < 1.29 is 12.8 Å². The number of hydrogen-bond acceptors (Lipinski definition) is 5. The van der Waals surface area contributed by atoms with Crippen molar-refractivity contribution in [1.29, 1.82) is 5.41 Å². The topological polar surface area (TPSA) is 96.4 Å². The fourth-order valence-electron chi connectivity index (χ4n) is 3.50. The molecule has 2 atom stereocenters. The van der Waals surface area contributed by atoms with Crippen LogP contribution in [0, 0.1) is 10.8 Å². The molecule has 0 saturated heterocycles. The van der Waals surface area contributed by atoms with Crippen molar-refractivity contribution >= 4 is 21.4 Å². The van der Waals surface area contributed by atoms with Crippen molar-refractivity contribution in [1.82, 2.24) is 0 Å². The highest BCUT2D eigenvalue weighted by Crippen LogP contribution is 2.55. The van der Waals surface area contributed by atoms with Crippen LogP contribution in [0.25, 0.3) is 0 Å². The highest BCUT2D eigenvalue weighted by atomic mass is 32.2. The quantitative estimate of drug-likeness (QED) is 0.771. The van der Waals surface area contributed by atoms with Gasteiger partial charge in [-0.2, -0.15) is 0 Å². The molecule has 7 heteroatoms. The summed E-state index contributed by atoms with van der Waals surface area (Å²) in [5.41, 5.74) is 4.04. The van der Waals surface area contributed by atoms with E-state index in [9.17, 15) is 12.8 Å². The molecule has 116 valence electrons. The molecule has 0 bridgehead atoms. The maximum atomic E-state index is 14.5. The summed E-state index contributed by atoms with van der Waals surface area (Å²) in [4.78, 5) is 4.44. The van der Waals surface area contributed by atoms with Crippen molar-refractivity contribution in [3.8, 4) is 0 Å². The van der Waals surface area contributed by atoms with Crippen LogP contribution < -0.4 is 5.73 Å². The van der Waals surface area contributed by atoms with Crippen molar-refractivity contribution in [2.75, 3.05) is 5.75 Å². The van der Waals surface area contributed by atoms with E-state index in [4.69, 9.17) is 11.1 Å². The minimum atomic E-state index is -3.46. The monoisotopic (exact) mass is 313 g/mol. The Kier molecular flexibility index (Phi) is 2.75. The number of amidine groups is 1. The number of aliphatic imine (C=N–C) groups is 1. The highest BCUT2D eigenvalue weighted by molar-refractivity contribution is 7.94. The van der Waals surface area contributed by atoms with Gasteiger partial charge in [0.25, 0.3) is 0 Å². The van der Waals surface area contributed by atoms with Gasteiger partial charge in [-0.1, -0.05) is 6.92 Å². The minimum Gasteiger partial charge on any atom is -0.386 e. The summed E-state index contributed by atoms with van der Waals surface area (Å²) in [7, 11) is -3.46. The molecule has 1 heterocycles. The third kappa shape index (κ3) is 1.76. The van der Waals surface area contributed by atoms with Gasteiger partial charge >= 0.3 is 0 Å². The number of nitrogens with two attached hydrogens (primary N) is 1. The first-order chi connectivity index (χ1) is 9.56. The summed E-state index contributed by atoms with van der Waals surface area (Å²) in [5, 5.41) is 7.84. The Balaban J connectivity index is 2.14. The van der Waals surface area contributed by atoms with E-state index in [1.807, 2.05) is 0 Å². The second-order valence-electron chi connectivity index (χ2n) is 6.89. The van der Waals surface area contributed by atoms with E-state index in [1.165, 1.54) is 6.08 Å². The zero-order chi connectivity index (χ0) is 15.7. The number of halogens is 1. The van der Waals surface area contributed by atoms with Crippen LogP contribution in [0.5, 0.6) is 0 Å². The fraction of sp³-hybridized carbons (Fsp3) is 0.714. The lowest BCUT2D eigenvalue weighted by atomic mass is 9.66. The minimum absolute atomic E-state index is 0.113. The summed E-state index contributed by atoms with van der Waals surface area (Å²) < 4.78 is 38.7. The molecule has 2 aliphatic carbocycles. The Bertz CT molecular complexity index is 693. The SMILES string of the molecule is CC1(C2(C)CC(=N)CC=C2F)CS(=O)(=O)C2(CC2)C(N)=N1. The molecular formula is C14H20FN3O2S. The van der Waals surface area contributed by atoms with E-state index in [-0.39, 0.29) is 30.3 Å². The number of nitrogens with zero attached hydrogens (tertiary/aromatic N) is 1. The molecule has 0 radical (unpaired) electrons. The first kappa shape index (κ1) is 14.7. The number of hydrogen-bond donors (Lipinski definition) is 2. The van der Waals surface area contributed by atoms with Gasteiger partial charge in [-0.15, -0.1) is 0 Å². The van der Waals surface area contributed by atoms with Crippen LogP contribution in [0.15, 0.2) is 16.9 Å². The van der Waals surface area contributed by atoms with E-state index in [0.29, 0.717) is 18.6 Å². The molecule has 1 aliphatic heterocycles. The second kappa shape index (κ2) is 3.94. The summed E-state index contributed by atoms with van der Waals surface area (Å²) in [6, 6.07) is 0. The number of allylic oxidation sites excluding steroid dienone is 1. The van der Waals surface area contributed by atoms with Crippen LogP contribution in [0.3, 0.4) is 0 Å².